The molecule has 200 valence electrons. The van der Waals surface area contributed by atoms with Crippen LogP contribution in [0.3, 0.4) is 0 Å². The molecule has 11 heteroatoms. The molecule has 2 aromatic heterocycles. The fourth-order valence-electron chi connectivity index (χ4n) is 4.59. The monoisotopic (exact) mass is 546 g/mol. The predicted molar refractivity (Wildman–Crippen MR) is 147 cm³/mol. The van der Waals surface area contributed by atoms with E-state index >= 15 is 0 Å². The Morgan fingerprint density at radius 3 is 2.41 bits per heavy atom. The van der Waals surface area contributed by atoms with Crippen LogP contribution in [0.25, 0.3) is 10.9 Å². The van der Waals surface area contributed by atoms with Gasteiger partial charge in [0.2, 0.25) is 0 Å². The first-order chi connectivity index (χ1) is 18.5. The highest BCUT2D eigenvalue weighted by Crippen LogP contribution is 2.28. The first-order valence-electron chi connectivity index (χ1n) is 12.3. The summed E-state index contributed by atoms with van der Waals surface area (Å²) in [4.78, 5) is 51.1. The number of fused-ring (bicyclic) bond motifs is 1. The van der Waals surface area contributed by atoms with Crippen molar-refractivity contribution >= 4 is 40.9 Å². The topological polar surface area (TPSA) is 146 Å². The number of phenols is 1. The highest BCUT2D eigenvalue weighted by Gasteiger charge is 2.28. The van der Waals surface area contributed by atoms with E-state index in [0.717, 1.165) is 13.0 Å². The van der Waals surface area contributed by atoms with Crippen molar-refractivity contribution in [2.75, 3.05) is 13.1 Å². The van der Waals surface area contributed by atoms with Crippen LogP contribution >= 0.6 is 12.4 Å². The third-order valence-corrected chi connectivity index (χ3v) is 6.57. The molecule has 3 heterocycles. The first kappa shape index (κ1) is 27.6. The molecule has 39 heavy (non-hydrogen) atoms. The zero-order valence-electron chi connectivity index (χ0n) is 20.8. The molecule has 5 rings (SSSR count). The standard InChI is InChI=1S/C28H26N6O4.ClH/c35-24-10-9-20-19(3-1-13-31-20)25(24)26(36)17-5-7-18(8-6-17)27(37)33-21-4-2-12-29-15-23(21)34-28(38)22-11-14-30-16-32-22;/h1,3,5-11,13-14,16,21,23,29,35H,2,4,12,15H2,(H,33,37)(H,34,38);1H/t21-,23-;/m1./s1. The number of nitrogens with one attached hydrogen (secondary N) is 3. The van der Waals surface area contributed by atoms with Crippen molar-refractivity contribution in [1.82, 2.24) is 30.9 Å². The van der Waals surface area contributed by atoms with Crippen LogP contribution in [0.15, 0.2) is 73.3 Å². The van der Waals surface area contributed by atoms with E-state index in [1.807, 2.05) is 0 Å². The minimum atomic E-state index is -0.365. The van der Waals surface area contributed by atoms with Gasteiger partial charge < -0.3 is 21.1 Å². The van der Waals surface area contributed by atoms with Gasteiger partial charge in [-0.05, 0) is 55.8 Å². The lowest BCUT2D eigenvalue weighted by molar-refractivity contribution is 0.0880. The number of halogens is 1. The zero-order valence-corrected chi connectivity index (χ0v) is 21.6. The van der Waals surface area contributed by atoms with Crippen LogP contribution in [0.4, 0.5) is 0 Å². The number of rotatable bonds is 6. The molecular weight excluding hydrogens is 520 g/mol. The smallest absolute Gasteiger partial charge is 0.270 e. The molecule has 0 unspecified atom stereocenters. The minimum absolute atomic E-state index is 0. The number of aromatic nitrogens is 3. The van der Waals surface area contributed by atoms with Crippen LogP contribution in [0.5, 0.6) is 5.75 Å². The molecule has 1 aliphatic heterocycles. The molecule has 1 saturated heterocycles. The Morgan fingerprint density at radius 2 is 1.64 bits per heavy atom. The Hall–Kier alpha value is -4.41. The largest absolute Gasteiger partial charge is 0.507 e. The molecule has 4 aromatic rings. The van der Waals surface area contributed by atoms with Crippen LogP contribution in [0.2, 0.25) is 0 Å². The summed E-state index contributed by atoms with van der Waals surface area (Å²) in [6.45, 7) is 1.28. The second kappa shape index (κ2) is 12.4. The van der Waals surface area contributed by atoms with Gasteiger partial charge in [-0.15, -0.1) is 12.4 Å². The molecule has 0 spiro atoms. The molecular formula is C28H27ClN6O4. The lowest BCUT2D eigenvalue weighted by Gasteiger charge is -2.27. The van der Waals surface area contributed by atoms with Gasteiger partial charge >= 0.3 is 0 Å². The van der Waals surface area contributed by atoms with E-state index in [1.54, 1.807) is 48.7 Å². The van der Waals surface area contributed by atoms with Crippen molar-refractivity contribution in [1.29, 1.82) is 0 Å². The number of carbonyl (C=O) groups is 3. The van der Waals surface area contributed by atoms with Crippen molar-refractivity contribution in [3.63, 3.8) is 0 Å². The third kappa shape index (κ3) is 6.19. The van der Waals surface area contributed by atoms with Crippen LogP contribution < -0.4 is 16.0 Å². The Labute approximate surface area is 230 Å². The number of nitrogens with zero attached hydrogens (tertiary/aromatic N) is 3. The number of pyridine rings is 1. The lowest BCUT2D eigenvalue weighted by atomic mass is 9.97. The van der Waals surface area contributed by atoms with Gasteiger partial charge in [-0.2, -0.15) is 0 Å². The Bertz CT molecular complexity index is 1480. The molecule has 1 fully saturated rings. The van der Waals surface area contributed by atoms with Crippen LogP contribution in [0.1, 0.15) is 49.6 Å². The van der Waals surface area contributed by atoms with Gasteiger partial charge in [0.25, 0.3) is 11.8 Å². The summed E-state index contributed by atoms with van der Waals surface area (Å²) >= 11 is 0. The molecule has 4 N–H and O–H groups in total. The van der Waals surface area contributed by atoms with Crippen molar-refractivity contribution in [3.8, 4) is 5.75 Å². The minimum Gasteiger partial charge on any atom is -0.507 e. The molecule has 0 radical (unpaired) electrons. The predicted octanol–water partition coefficient (Wildman–Crippen LogP) is 2.66. The number of hydrogen-bond acceptors (Lipinski definition) is 8. The van der Waals surface area contributed by atoms with Gasteiger partial charge in [-0.3, -0.25) is 19.4 Å². The average Bonchev–Trinajstić information content (AvgIpc) is 3.17. The number of amides is 2. The normalized spacial score (nSPS) is 16.9. The third-order valence-electron chi connectivity index (χ3n) is 6.57. The van der Waals surface area contributed by atoms with Gasteiger partial charge in [0.1, 0.15) is 17.8 Å². The molecule has 0 bridgehead atoms. The summed E-state index contributed by atoms with van der Waals surface area (Å²) in [5.74, 6) is -1.14. The summed E-state index contributed by atoms with van der Waals surface area (Å²) in [7, 11) is 0. The fraction of sp³-hybridized carbons (Fsp3) is 0.214. The second-order valence-electron chi connectivity index (χ2n) is 9.04. The van der Waals surface area contributed by atoms with Crippen molar-refractivity contribution in [2.24, 2.45) is 0 Å². The number of hydrogen-bond donors (Lipinski definition) is 4. The highest BCUT2D eigenvalue weighted by molar-refractivity contribution is 6.18. The molecule has 2 amide bonds. The Balaban J connectivity index is 0.00000353. The van der Waals surface area contributed by atoms with Crippen molar-refractivity contribution in [3.05, 3.63) is 95.7 Å². The van der Waals surface area contributed by atoms with E-state index in [9.17, 15) is 19.5 Å². The van der Waals surface area contributed by atoms with E-state index in [2.05, 4.69) is 30.9 Å². The number of aromatic hydroxyl groups is 1. The van der Waals surface area contributed by atoms with E-state index in [-0.39, 0.29) is 59.1 Å². The molecule has 0 saturated carbocycles. The summed E-state index contributed by atoms with van der Waals surface area (Å²) in [5, 5.41) is 20.2. The summed E-state index contributed by atoms with van der Waals surface area (Å²) in [6, 6.07) is 13.7. The average molecular weight is 547 g/mol. The maximum absolute atomic E-state index is 13.2. The van der Waals surface area contributed by atoms with E-state index in [1.165, 1.54) is 24.7 Å². The van der Waals surface area contributed by atoms with Gasteiger partial charge in [-0.25, -0.2) is 9.97 Å². The van der Waals surface area contributed by atoms with Gasteiger partial charge in [0, 0.05) is 35.5 Å². The van der Waals surface area contributed by atoms with E-state index in [0.29, 0.717) is 35.0 Å². The van der Waals surface area contributed by atoms with Crippen LogP contribution in [-0.2, 0) is 0 Å². The molecule has 10 nitrogen and oxygen atoms in total. The van der Waals surface area contributed by atoms with E-state index < -0.39 is 0 Å². The van der Waals surface area contributed by atoms with Crippen LogP contribution in [0, 0.1) is 0 Å². The number of benzene rings is 2. The summed E-state index contributed by atoms with van der Waals surface area (Å²) in [6.07, 6.45) is 5.95. The molecule has 2 aromatic carbocycles. The fourth-order valence-corrected chi connectivity index (χ4v) is 4.59. The number of ketones is 1. The molecule has 0 aliphatic carbocycles. The Morgan fingerprint density at radius 1 is 0.872 bits per heavy atom. The van der Waals surface area contributed by atoms with Crippen LogP contribution in [-0.4, -0.2) is 62.8 Å². The lowest BCUT2D eigenvalue weighted by Crippen LogP contribution is -2.54. The van der Waals surface area contributed by atoms with Crippen molar-refractivity contribution < 1.29 is 19.5 Å². The molecule has 2 atom stereocenters. The zero-order chi connectivity index (χ0) is 26.5. The van der Waals surface area contributed by atoms with Gasteiger partial charge in [0.15, 0.2) is 5.78 Å². The summed E-state index contributed by atoms with van der Waals surface area (Å²) < 4.78 is 0. The second-order valence-corrected chi connectivity index (χ2v) is 9.04. The highest BCUT2D eigenvalue weighted by atomic mass is 35.5. The Kier molecular flexibility index (Phi) is 8.80. The maximum Gasteiger partial charge on any atom is 0.270 e. The number of phenolic OH excluding ortho intramolecular Hbond substituents is 1. The quantitative estimate of drug-likeness (QED) is 0.270. The van der Waals surface area contributed by atoms with Gasteiger partial charge in [0.05, 0.1) is 23.2 Å². The van der Waals surface area contributed by atoms with Gasteiger partial charge in [-0.1, -0.05) is 18.2 Å². The SMILES string of the molecule is Cl.O=C(N[C@@H]1CCCNC[C@H]1NC(=O)c1ccncn1)c1ccc(C(=O)c2c(O)ccc3ncccc23)cc1. The summed E-state index contributed by atoms with van der Waals surface area (Å²) in [5.41, 5.74) is 1.73. The maximum atomic E-state index is 13.2. The first-order valence-corrected chi connectivity index (χ1v) is 12.3. The van der Waals surface area contributed by atoms with Crippen molar-refractivity contribution in [2.45, 2.75) is 24.9 Å². The van der Waals surface area contributed by atoms with E-state index in [4.69, 9.17) is 0 Å². The number of carbonyl (C=O) groups excluding carboxylic acids is 3. The molecule has 1 aliphatic rings.